The van der Waals surface area contributed by atoms with Gasteiger partial charge < -0.3 is 9.52 Å². The van der Waals surface area contributed by atoms with Crippen LogP contribution in [0.25, 0.3) is 11.0 Å². The van der Waals surface area contributed by atoms with Crippen molar-refractivity contribution in [3.63, 3.8) is 0 Å². The Morgan fingerprint density at radius 3 is 2.79 bits per heavy atom. The van der Waals surface area contributed by atoms with Crippen LogP contribution in [0.5, 0.6) is 0 Å². The van der Waals surface area contributed by atoms with Crippen molar-refractivity contribution in [2.45, 2.75) is 6.92 Å². The molecule has 0 radical (unpaired) electrons. The van der Waals surface area contributed by atoms with Gasteiger partial charge in [-0.3, -0.25) is 0 Å². The molecule has 0 saturated carbocycles. The smallest absolute Gasteiger partial charge is 0.339 e. The van der Waals surface area contributed by atoms with Crippen LogP contribution in [-0.4, -0.2) is 11.1 Å². The summed E-state index contributed by atoms with van der Waals surface area (Å²) in [5.41, 5.74) is 0.0736. The van der Waals surface area contributed by atoms with Gasteiger partial charge in [0.05, 0.1) is 0 Å². The van der Waals surface area contributed by atoms with E-state index in [1.165, 1.54) is 6.07 Å². The van der Waals surface area contributed by atoms with Crippen LogP contribution in [0.15, 0.2) is 22.6 Å². The fraction of sp³-hybridized carbons (Fsp3) is 0.100. The SMILES string of the molecule is Cc1cc2cc(F)cc(C(=O)O)c2o1. The summed E-state index contributed by atoms with van der Waals surface area (Å²) >= 11 is 0. The number of halogens is 1. The Bertz CT molecular complexity index is 513. The first-order valence-electron chi connectivity index (χ1n) is 4.01. The number of fused-ring (bicyclic) bond motifs is 1. The van der Waals surface area contributed by atoms with Crippen molar-refractivity contribution < 1.29 is 18.7 Å². The number of rotatable bonds is 1. The van der Waals surface area contributed by atoms with Gasteiger partial charge in [0.2, 0.25) is 0 Å². The highest BCUT2D eigenvalue weighted by Gasteiger charge is 2.14. The average molecular weight is 194 g/mol. The lowest BCUT2D eigenvalue weighted by molar-refractivity contribution is 0.0697. The van der Waals surface area contributed by atoms with Gasteiger partial charge in [-0.1, -0.05) is 0 Å². The highest BCUT2D eigenvalue weighted by atomic mass is 19.1. The number of benzene rings is 1. The molecule has 72 valence electrons. The molecule has 4 heteroatoms. The molecule has 0 bridgehead atoms. The lowest BCUT2D eigenvalue weighted by atomic mass is 10.1. The topological polar surface area (TPSA) is 50.4 Å². The van der Waals surface area contributed by atoms with E-state index in [9.17, 15) is 9.18 Å². The molecule has 3 nitrogen and oxygen atoms in total. The predicted molar refractivity (Wildman–Crippen MR) is 47.9 cm³/mol. The third-order valence-electron chi connectivity index (χ3n) is 1.93. The maximum atomic E-state index is 13.0. The van der Waals surface area contributed by atoms with Gasteiger partial charge in [-0.05, 0) is 25.1 Å². The second kappa shape index (κ2) is 2.83. The van der Waals surface area contributed by atoms with Crippen molar-refractivity contribution >= 4 is 16.9 Å². The molecule has 0 fully saturated rings. The molecule has 0 amide bonds. The van der Waals surface area contributed by atoms with Crippen LogP contribution >= 0.6 is 0 Å². The minimum absolute atomic E-state index is 0.145. The molecule has 0 atom stereocenters. The molecular formula is C10H7FO3. The molecule has 1 aromatic heterocycles. The van der Waals surface area contributed by atoms with Crippen molar-refractivity contribution in [3.8, 4) is 0 Å². The van der Waals surface area contributed by atoms with Crippen molar-refractivity contribution in [3.05, 3.63) is 35.3 Å². The first kappa shape index (κ1) is 8.74. The van der Waals surface area contributed by atoms with E-state index in [-0.39, 0.29) is 11.1 Å². The van der Waals surface area contributed by atoms with Crippen LogP contribution < -0.4 is 0 Å². The maximum absolute atomic E-state index is 13.0. The van der Waals surface area contributed by atoms with E-state index in [4.69, 9.17) is 9.52 Å². The number of carboxylic acids is 1. The lowest BCUT2D eigenvalue weighted by Crippen LogP contribution is -1.97. The molecule has 0 aliphatic heterocycles. The minimum Gasteiger partial charge on any atom is -0.478 e. The largest absolute Gasteiger partial charge is 0.478 e. The summed E-state index contributed by atoms with van der Waals surface area (Å²) in [5, 5.41) is 9.26. The van der Waals surface area contributed by atoms with Gasteiger partial charge in [0.1, 0.15) is 22.7 Å². The van der Waals surface area contributed by atoms with Crippen LogP contribution in [0, 0.1) is 12.7 Å². The first-order chi connectivity index (χ1) is 6.58. The molecule has 0 aliphatic rings. The monoisotopic (exact) mass is 194 g/mol. The number of carboxylic acid groups (broad SMARTS) is 1. The highest BCUT2D eigenvalue weighted by molar-refractivity contribution is 6.01. The first-order valence-corrected chi connectivity index (χ1v) is 4.01. The Morgan fingerprint density at radius 2 is 2.14 bits per heavy atom. The number of hydrogen-bond acceptors (Lipinski definition) is 2. The van der Waals surface area contributed by atoms with Crippen LogP contribution in [0.2, 0.25) is 0 Å². The molecule has 2 rings (SSSR count). The van der Waals surface area contributed by atoms with E-state index in [0.717, 1.165) is 6.07 Å². The number of carbonyl (C=O) groups is 1. The zero-order valence-corrected chi connectivity index (χ0v) is 7.37. The van der Waals surface area contributed by atoms with Crippen molar-refractivity contribution in [2.24, 2.45) is 0 Å². The fourth-order valence-electron chi connectivity index (χ4n) is 1.40. The van der Waals surface area contributed by atoms with E-state index in [2.05, 4.69) is 0 Å². The maximum Gasteiger partial charge on any atom is 0.339 e. The van der Waals surface area contributed by atoms with Crippen molar-refractivity contribution in [1.82, 2.24) is 0 Å². The summed E-state index contributed by atoms with van der Waals surface area (Å²) in [6.07, 6.45) is 0. The zero-order valence-electron chi connectivity index (χ0n) is 7.37. The van der Waals surface area contributed by atoms with E-state index in [0.29, 0.717) is 11.1 Å². The second-order valence-corrected chi connectivity index (χ2v) is 3.03. The molecule has 0 aliphatic carbocycles. The molecule has 0 spiro atoms. The van der Waals surface area contributed by atoms with Gasteiger partial charge in [-0.2, -0.15) is 0 Å². The van der Waals surface area contributed by atoms with E-state index < -0.39 is 11.8 Å². The number of aromatic carboxylic acids is 1. The van der Waals surface area contributed by atoms with E-state index in [1.807, 2.05) is 0 Å². The van der Waals surface area contributed by atoms with Crippen LogP contribution in [0.3, 0.4) is 0 Å². The normalized spacial score (nSPS) is 10.7. The summed E-state index contributed by atoms with van der Waals surface area (Å²) in [6.45, 7) is 1.68. The Hall–Kier alpha value is -1.84. The quantitative estimate of drug-likeness (QED) is 0.758. The summed E-state index contributed by atoms with van der Waals surface area (Å²) in [6, 6.07) is 3.80. The predicted octanol–water partition coefficient (Wildman–Crippen LogP) is 2.58. The summed E-state index contributed by atoms with van der Waals surface area (Å²) in [7, 11) is 0. The van der Waals surface area contributed by atoms with Crippen molar-refractivity contribution in [1.29, 1.82) is 0 Å². The lowest BCUT2D eigenvalue weighted by Gasteiger charge is -1.96. The van der Waals surface area contributed by atoms with Gasteiger partial charge in [0.15, 0.2) is 0 Å². The summed E-state index contributed by atoms with van der Waals surface area (Å²) < 4.78 is 18.1. The average Bonchev–Trinajstić information content (AvgIpc) is 2.42. The number of aryl methyl sites for hydroxylation is 1. The number of furan rings is 1. The summed E-state index contributed by atoms with van der Waals surface area (Å²) in [4.78, 5) is 10.7. The van der Waals surface area contributed by atoms with Gasteiger partial charge >= 0.3 is 5.97 Å². The van der Waals surface area contributed by atoms with E-state index in [1.54, 1.807) is 13.0 Å². The van der Waals surface area contributed by atoms with Gasteiger partial charge in [-0.15, -0.1) is 0 Å². The highest BCUT2D eigenvalue weighted by Crippen LogP contribution is 2.24. The fourth-order valence-corrected chi connectivity index (χ4v) is 1.40. The second-order valence-electron chi connectivity index (χ2n) is 3.03. The molecule has 1 N–H and O–H groups in total. The van der Waals surface area contributed by atoms with Crippen LogP contribution in [0.1, 0.15) is 16.1 Å². The van der Waals surface area contributed by atoms with Gasteiger partial charge in [-0.25, -0.2) is 9.18 Å². The molecule has 1 heterocycles. The third kappa shape index (κ3) is 1.25. The molecule has 0 unspecified atom stereocenters. The minimum atomic E-state index is -1.19. The van der Waals surface area contributed by atoms with Crippen LogP contribution in [-0.2, 0) is 0 Å². The molecule has 14 heavy (non-hydrogen) atoms. The van der Waals surface area contributed by atoms with E-state index >= 15 is 0 Å². The third-order valence-corrected chi connectivity index (χ3v) is 1.93. The number of hydrogen-bond donors (Lipinski definition) is 1. The van der Waals surface area contributed by atoms with Crippen LogP contribution in [0.4, 0.5) is 4.39 Å². The Morgan fingerprint density at radius 1 is 1.43 bits per heavy atom. The molecule has 0 saturated heterocycles. The summed E-state index contributed by atoms with van der Waals surface area (Å²) in [5.74, 6) is -1.20. The molecular weight excluding hydrogens is 187 g/mol. The molecule has 1 aromatic carbocycles. The Labute approximate surface area is 78.8 Å². The van der Waals surface area contributed by atoms with Gasteiger partial charge in [0.25, 0.3) is 0 Å². The Kier molecular flexibility index (Phi) is 1.77. The Balaban J connectivity index is 2.85. The zero-order chi connectivity index (χ0) is 10.3. The van der Waals surface area contributed by atoms with Crippen molar-refractivity contribution in [2.75, 3.05) is 0 Å². The molecule has 2 aromatic rings. The van der Waals surface area contributed by atoms with Gasteiger partial charge in [0, 0.05) is 5.39 Å². The standard InChI is InChI=1S/C10H7FO3/c1-5-2-6-3-7(11)4-8(10(12)13)9(6)14-5/h2-4H,1H3,(H,12,13).